The molecule has 0 spiro atoms. The van der Waals surface area contributed by atoms with E-state index < -0.39 is 24.0 Å². The predicted octanol–water partition coefficient (Wildman–Crippen LogP) is 2.05. The van der Waals surface area contributed by atoms with Crippen molar-refractivity contribution in [3.63, 3.8) is 0 Å². The van der Waals surface area contributed by atoms with Crippen LogP contribution in [0, 0.1) is 5.82 Å². The van der Waals surface area contributed by atoms with E-state index in [2.05, 4.69) is 9.72 Å². The molecule has 0 amide bonds. The number of H-pyrrole nitrogens is 1. The van der Waals surface area contributed by atoms with Gasteiger partial charge < -0.3 is 9.72 Å². The summed E-state index contributed by atoms with van der Waals surface area (Å²) in [6, 6.07) is 4.47. The van der Waals surface area contributed by atoms with Crippen LogP contribution in [0.3, 0.4) is 0 Å². The Bertz CT molecular complexity index is 588. The first-order valence-corrected chi connectivity index (χ1v) is 4.99. The summed E-state index contributed by atoms with van der Waals surface area (Å²) in [6.07, 6.45) is 1.01. The molecule has 88 valence electrons. The van der Waals surface area contributed by atoms with Crippen LogP contribution in [0.1, 0.15) is 16.8 Å². The molecule has 0 atom stereocenters. The van der Waals surface area contributed by atoms with E-state index in [0.717, 1.165) is 0 Å². The SMILES string of the molecule is COC(=O)CC(=O)c1c[nH]c2cccc(F)c12. The van der Waals surface area contributed by atoms with Gasteiger partial charge in [0.05, 0.1) is 7.11 Å². The lowest BCUT2D eigenvalue weighted by atomic mass is 10.1. The number of halogens is 1. The second-order valence-electron chi connectivity index (χ2n) is 3.54. The molecule has 17 heavy (non-hydrogen) atoms. The Hall–Kier alpha value is -2.17. The van der Waals surface area contributed by atoms with Gasteiger partial charge in [0.15, 0.2) is 5.78 Å². The molecule has 2 aromatic rings. The number of benzene rings is 1. The first-order valence-electron chi connectivity index (χ1n) is 4.99. The normalized spacial score (nSPS) is 10.5. The molecule has 0 bridgehead atoms. The first kappa shape index (κ1) is 11.3. The monoisotopic (exact) mass is 235 g/mol. The Balaban J connectivity index is 2.42. The fourth-order valence-corrected chi connectivity index (χ4v) is 1.66. The average Bonchev–Trinajstić information content (AvgIpc) is 2.74. The molecule has 0 fully saturated rings. The van der Waals surface area contributed by atoms with E-state index in [9.17, 15) is 14.0 Å². The van der Waals surface area contributed by atoms with Gasteiger partial charge in [0.1, 0.15) is 12.2 Å². The zero-order valence-corrected chi connectivity index (χ0v) is 9.12. The number of nitrogens with one attached hydrogen (secondary N) is 1. The minimum absolute atomic E-state index is 0.170. The minimum Gasteiger partial charge on any atom is -0.469 e. The number of methoxy groups -OCH3 is 1. The molecule has 4 nitrogen and oxygen atoms in total. The van der Waals surface area contributed by atoms with Crippen LogP contribution in [0.5, 0.6) is 0 Å². The van der Waals surface area contributed by atoms with Gasteiger partial charge in [-0.25, -0.2) is 4.39 Å². The van der Waals surface area contributed by atoms with E-state index in [1.807, 2.05) is 0 Å². The number of aromatic amines is 1. The lowest BCUT2D eigenvalue weighted by Crippen LogP contribution is -2.09. The maximum absolute atomic E-state index is 13.6. The summed E-state index contributed by atoms with van der Waals surface area (Å²) in [5.41, 5.74) is 0.696. The summed E-state index contributed by atoms with van der Waals surface area (Å²) in [5.74, 6) is -1.59. The average molecular weight is 235 g/mol. The quantitative estimate of drug-likeness (QED) is 0.503. The third-order valence-corrected chi connectivity index (χ3v) is 2.49. The topological polar surface area (TPSA) is 59.2 Å². The van der Waals surface area contributed by atoms with Crippen LogP contribution in [0.25, 0.3) is 10.9 Å². The van der Waals surface area contributed by atoms with Gasteiger partial charge in [-0.15, -0.1) is 0 Å². The molecule has 5 heteroatoms. The molecular formula is C12H10FNO3. The molecule has 0 aliphatic carbocycles. The van der Waals surface area contributed by atoms with Crippen molar-refractivity contribution in [2.24, 2.45) is 0 Å². The van der Waals surface area contributed by atoms with Gasteiger partial charge in [-0.2, -0.15) is 0 Å². The molecule has 0 aliphatic heterocycles. The molecule has 1 N–H and O–H groups in total. The largest absolute Gasteiger partial charge is 0.469 e. The molecule has 1 aromatic heterocycles. The molecular weight excluding hydrogens is 225 g/mol. The van der Waals surface area contributed by atoms with Crippen molar-refractivity contribution in [3.05, 3.63) is 35.8 Å². The van der Waals surface area contributed by atoms with Crippen molar-refractivity contribution in [2.75, 3.05) is 7.11 Å². The molecule has 0 saturated carbocycles. The van der Waals surface area contributed by atoms with Gasteiger partial charge >= 0.3 is 5.97 Å². The summed E-state index contributed by atoms with van der Waals surface area (Å²) >= 11 is 0. The van der Waals surface area contributed by atoms with Crippen LogP contribution in [0.4, 0.5) is 4.39 Å². The smallest absolute Gasteiger partial charge is 0.313 e. The Labute approximate surface area is 96.4 Å². The van der Waals surface area contributed by atoms with Crippen LogP contribution in [0.15, 0.2) is 24.4 Å². The van der Waals surface area contributed by atoms with Gasteiger partial charge in [-0.3, -0.25) is 9.59 Å². The number of hydrogen-bond donors (Lipinski definition) is 1. The molecule has 0 unspecified atom stereocenters. The van der Waals surface area contributed by atoms with E-state index in [4.69, 9.17) is 0 Å². The maximum atomic E-state index is 13.6. The summed E-state index contributed by atoms with van der Waals surface area (Å²) < 4.78 is 18.0. The van der Waals surface area contributed by atoms with E-state index in [0.29, 0.717) is 5.52 Å². The number of carbonyl (C=O) groups excluding carboxylic acids is 2. The molecule has 2 rings (SSSR count). The zero-order chi connectivity index (χ0) is 12.4. The number of Topliss-reactive ketones (excluding diaryl/α,β-unsaturated/α-hetero) is 1. The Morgan fingerprint density at radius 1 is 1.41 bits per heavy atom. The molecule has 0 saturated heterocycles. The third-order valence-electron chi connectivity index (χ3n) is 2.49. The lowest BCUT2D eigenvalue weighted by Gasteiger charge is -1.99. The highest BCUT2D eigenvalue weighted by molar-refractivity contribution is 6.13. The molecule has 1 aromatic carbocycles. The Morgan fingerprint density at radius 2 is 2.18 bits per heavy atom. The number of hydrogen-bond acceptors (Lipinski definition) is 3. The van der Waals surface area contributed by atoms with Crippen molar-refractivity contribution >= 4 is 22.7 Å². The summed E-state index contributed by atoms with van der Waals surface area (Å²) in [4.78, 5) is 25.5. The van der Waals surface area contributed by atoms with Gasteiger partial charge in [0.25, 0.3) is 0 Å². The highest BCUT2D eigenvalue weighted by Gasteiger charge is 2.18. The molecule has 0 radical (unpaired) electrons. The highest BCUT2D eigenvalue weighted by Crippen LogP contribution is 2.22. The second-order valence-corrected chi connectivity index (χ2v) is 3.54. The number of ether oxygens (including phenoxy) is 1. The second kappa shape index (κ2) is 4.37. The van der Waals surface area contributed by atoms with E-state index in [-0.39, 0.29) is 10.9 Å². The summed E-state index contributed by atoms with van der Waals surface area (Å²) in [6.45, 7) is 0. The van der Waals surface area contributed by atoms with Crippen LogP contribution in [-0.4, -0.2) is 23.8 Å². The number of aromatic nitrogens is 1. The van der Waals surface area contributed by atoms with E-state index >= 15 is 0 Å². The first-order chi connectivity index (χ1) is 8.13. The van der Waals surface area contributed by atoms with Crippen molar-refractivity contribution in [3.8, 4) is 0 Å². The van der Waals surface area contributed by atoms with Crippen LogP contribution in [0.2, 0.25) is 0 Å². The molecule has 1 heterocycles. The van der Waals surface area contributed by atoms with Crippen molar-refractivity contribution in [1.29, 1.82) is 0 Å². The van der Waals surface area contributed by atoms with Crippen LogP contribution < -0.4 is 0 Å². The predicted molar refractivity (Wildman–Crippen MR) is 59.2 cm³/mol. The zero-order valence-electron chi connectivity index (χ0n) is 9.12. The summed E-state index contributed by atoms with van der Waals surface area (Å²) in [7, 11) is 1.20. The van der Waals surface area contributed by atoms with Crippen molar-refractivity contribution in [1.82, 2.24) is 4.98 Å². The van der Waals surface area contributed by atoms with Gasteiger partial charge in [0, 0.05) is 22.7 Å². The molecule has 0 aliphatic rings. The van der Waals surface area contributed by atoms with Crippen LogP contribution >= 0.6 is 0 Å². The van der Waals surface area contributed by atoms with Gasteiger partial charge in [0.2, 0.25) is 0 Å². The fraction of sp³-hybridized carbons (Fsp3) is 0.167. The fourth-order valence-electron chi connectivity index (χ4n) is 1.66. The van der Waals surface area contributed by atoms with Crippen molar-refractivity contribution < 1.29 is 18.7 Å². The van der Waals surface area contributed by atoms with Gasteiger partial charge in [-0.1, -0.05) is 6.07 Å². The van der Waals surface area contributed by atoms with E-state index in [1.54, 1.807) is 12.1 Å². The van der Waals surface area contributed by atoms with Gasteiger partial charge in [-0.05, 0) is 12.1 Å². The van der Waals surface area contributed by atoms with Crippen LogP contribution in [-0.2, 0) is 9.53 Å². The number of carbonyl (C=O) groups is 2. The van der Waals surface area contributed by atoms with Crippen molar-refractivity contribution in [2.45, 2.75) is 6.42 Å². The summed E-state index contributed by atoms with van der Waals surface area (Å²) in [5, 5.41) is 0.210. The maximum Gasteiger partial charge on any atom is 0.313 e. The lowest BCUT2D eigenvalue weighted by molar-refractivity contribution is -0.139. The number of esters is 1. The van der Waals surface area contributed by atoms with E-state index in [1.165, 1.54) is 19.4 Å². The third kappa shape index (κ3) is 2.04. The standard InChI is InChI=1S/C12H10FNO3/c1-17-11(16)5-10(15)7-6-14-9-4-2-3-8(13)12(7)9/h2-4,6,14H,5H2,1H3. The number of ketones is 1. The Morgan fingerprint density at radius 3 is 2.88 bits per heavy atom. The Kier molecular flexibility index (Phi) is 2.91. The number of rotatable bonds is 3. The number of fused-ring (bicyclic) bond motifs is 1. The highest BCUT2D eigenvalue weighted by atomic mass is 19.1. The minimum atomic E-state index is -0.638.